The standard InChI is InChI=1S/C25H35NO8/c1-7-32-22(29)12-10-11-21(28)23(16(4)5)26(17(6)27)18-13-14-19(24(30)33-8-2)20(15-18)25(31)34-9-3/h13-16,23H,7-12H2,1-6H3. The molecule has 1 unspecified atom stereocenters. The van der Waals surface area contributed by atoms with Gasteiger partial charge in [-0.25, -0.2) is 9.59 Å². The van der Waals surface area contributed by atoms with Crippen LogP contribution in [0.1, 0.15) is 81.5 Å². The van der Waals surface area contributed by atoms with E-state index in [1.807, 2.05) is 13.8 Å². The van der Waals surface area contributed by atoms with Crippen LogP contribution in [0.3, 0.4) is 0 Å². The van der Waals surface area contributed by atoms with Crippen molar-refractivity contribution < 1.29 is 38.2 Å². The predicted molar refractivity (Wildman–Crippen MR) is 126 cm³/mol. The zero-order valence-electron chi connectivity index (χ0n) is 20.8. The number of rotatable bonds is 13. The zero-order chi connectivity index (χ0) is 25.8. The van der Waals surface area contributed by atoms with Crippen LogP contribution >= 0.6 is 0 Å². The summed E-state index contributed by atoms with van der Waals surface area (Å²) in [6.45, 7) is 10.4. The Hall–Kier alpha value is -3.23. The van der Waals surface area contributed by atoms with Crippen LogP contribution in [0.2, 0.25) is 0 Å². The van der Waals surface area contributed by atoms with Crippen molar-refractivity contribution in [2.24, 2.45) is 5.92 Å². The van der Waals surface area contributed by atoms with E-state index in [1.54, 1.807) is 20.8 Å². The summed E-state index contributed by atoms with van der Waals surface area (Å²) >= 11 is 0. The van der Waals surface area contributed by atoms with Crippen molar-refractivity contribution in [1.82, 2.24) is 0 Å². The first-order chi connectivity index (χ1) is 16.1. The van der Waals surface area contributed by atoms with E-state index < -0.39 is 23.9 Å². The number of ether oxygens (including phenoxy) is 3. The lowest BCUT2D eigenvalue weighted by molar-refractivity contribution is -0.143. The highest BCUT2D eigenvalue weighted by Crippen LogP contribution is 2.27. The van der Waals surface area contributed by atoms with Crippen molar-refractivity contribution in [1.29, 1.82) is 0 Å². The molecule has 0 N–H and O–H groups in total. The Kier molecular flexibility index (Phi) is 12.0. The Morgan fingerprint density at radius 1 is 0.824 bits per heavy atom. The van der Waals surface area contributed by atoms with Crippen molar-refractivity contribution in [3.63, 3.8) is 0 Å². The van der Waals surface area contributed by atoms with Crippen LogP contribution in [0.25, 0.3) is 0 Å². The molecular formula is C25H35NO8. The molecule has 0 saturated carbocycles. The molecule has 0 aliphatic heterocycles. The molecule has 34 heavy (non-hydrogen) atoms. The number of nitrogens with zero attached hydrogens (tertiary/aromatic N) is 1. The van der Waals surface area contributed by atoms with E-state index in [4.69, 9.17) is 14.2 Å². The lowest BCUT2D eigenvalue weighted by Crippen LogP contribution is -2.47. The van der Waals surface area contributed by atoms with Gasteiger partial charge >= 0.3 is 17.9 Å². The zero-order valence-corrected chi connectivity index (χ0v) is 20.8. The second kappa shape index (κ2) is 14.1. The van der Waals surface area contributed by atoms with Gasteiger partial charge in [-0.15, -0.1) is 0 Å². The van der Waals surface area contributed by atoms with Gasteiger partial charge in [0.1, 0.15) is 0 Å². The average Bonchev–Trinajstić information content (AvgIpc) is 2.76. The quantitative estimate of drug-likeness (QED) is 0.312. The number of hydrogen-bond donors (Lipinski definition) is 0. The number of Topliss-reactive ketones (excluding diaryl/α,β-unsaturated/α-hetero) is 1. The summed E-state index contributed by atoms with van der Waals surface area (Å²) in [7, 11) is 0. The normalized spacial score (nSPS) is 11.5. The lowest BCUT2D eigenvalue weighted by atomic mass is 9.93. The third kappa shape index (κ3) is 7.97. The maximum Gasteiger partial charge on any atom is 0.339 e. The number of carbonyl (C=O) groups is 5. The fraction of sp³-hybridized carbons (Fsp3) is 0.560. The van der Waals surface area contributed by atoms with Crippen molar-refractivity contribution in [2.75, 3.05) is 24.7 Å². The summed E-state index contributed by atoms with van der Waals surface area (Å²) in [5.41, 5.74) is 0.233. The molecular weight excluding hydrogens is 442 g/mol. The summed E-state index contributed by atoms with van der Waals surface area (Å²) in [5.74, 6) is -2.69. The lowest BCUT2D eigenvalue weighted by Gasteiger charge is -2.33. The van der Waals surface area contributed by atoms with Gasteiger partial charge in [0.05, 0.1) is 37.0 Å². The highest BCUT2D eigenvalue weighted by atomic mass is 16.5. The van der Waals surface area contributed by atoms with Gasteiger partial charge in [-0.05, 0) is 51.3 Å². The van der Waals surface area contributed by atoms with Crippen molar-refractivity contribution in [2.45, 2.75) is 66.8 Å². The van der Waals surface area contributed by atoms with Gasteiger partial charge in [-0.3, -0.25) is 14.4 Å². The number of ketones is 1. The Morgan fingerprint density at radius 3 is 1.88 bits per heavy atom. The molecule has 1 rings (SSSR count). The number of benzene rings is 1. The predicted octanol–water partition coefficient (Wildman–Crippen LogP) is 3.72. The van der Waals surface area contributed by atoms with Crippen LogP contribution < -0.4 is 4.90 Å². The molecule has 0 spiro atoms. The van der Waals surface area contributed by atoms with Gasteiger partial charge in [-0.1, -0.05) is 13.8 Å². The number of amides is 1. The van der Waals surface area contributed by atoms with Gasteiger partial charge in [0.25, 0.3) is 0 Å². The minimum atomic E-state index is -0.830. The number of esters is 3. The molecule has 0 heterocycles. The maximum absolute atomic E-state index is 13.1. The molecule has 0 saturated heterocycles. The topological polar surface area (TPSA) is 116 Å². The first-order valence-electron chi connectivity index (χ1n) is 11.5. The van der Waals surface area contributed by atoms with Gasteiger partial charge in [-0.2, -0.15) is 0 Å². The van der Waals surface area contributed by atoms with E-state index in [0.29, 0.717) is 6.42 Å². The van der Waals surface area contributed by atoms with Crippen LogP contribution in [-0.2, 0) is 28.6 Å². The summed E-state index contributed by atoms with van der Waals surface area (Å²) in [6.07, 6.45) is 0.477. The molecule has 9 nitrogen and oxygen atoms in total. The summed E-state index contributed by atoms with van der Waals surface area (Å²) in [6, 6.07) is 3.42. The van der Waals surface area contributed by atoms with E-state index in [1.165, 1.54) is 30.0 Å². The molecule has 0 fully saturated rings. The molecule has 1 aromatic carbocycles. The Bertz CT molecular complexity index is 893. The Labute approximate surface area is 200 Å². The van der Waals surface area contributed by atoms with Crippen molar-refractivity contribution in [3.05, 3.63) is 29.3 Å². The molecule has 0 aromatic heterocycles. The largest absolute Gasteiger partial charge is 0.466 e. The minimum absolute atomic E-state index is 0.00871. The molecule has 0 aliphatic carbocycles. The monoisotopic (exact) mass is 477 g/mol. The summed E-state index contributed by atoms with van der Waals surface area (Å²) in [5, 5.41) is 0. The van der Waals surface area contributed by atoms with Crippen LogP contribution in [-0.4, -0.2) is 55.5 Å². The second-order valence-corrected chi connectivity index (χ2v) is 7.87. The third-order valence-electron chi connectivity index (χ3n) is 4.96. The van der Waals surface area contributed by atoms with E-state index in [2.05, 4.69) is 0 Å². The van der Waals surface area contributed by atoms with E-state index in [-0.39, 0.29) is 67.1 Å². The third-order valence-corrected chi connectivity index (χ3v) is 4.96. The maximum atomic E-state index is 13.1. The Balaban J connectivity index is 3.36. The second-order valence-electron chi connectivity index (χ2n) is 7.87. The van der Waals surface area contributed by atoms with Crippen LogP contribution in [0.15, 0.2) is 18.2 Å². The molecule has 1 amide bonds. The van der Waals surface area contributed by atoms with Crippen LogP contribution in [0, 0.1) is 5.92 Å². The highest BCUT2D eigenvalue weighted by Gasteiger charge is 2.33. The molecule has 0 bridgehead atoms. The van der Waals surface area contributed by atoms with Gasteiger partial charge < -0.3 is 19.1 Å². The number of carbonyl (C=O) groups excluding carboxylic acids is 5. The highest BCUT2D eigenvalue weighted by molar-refractivity contribution is 6.06. The Morgan fingerprint density at radius 2 is 1.38 bits per heavy atom. The van der Waals surface area contributed by atoms with Crippen LogP contribution in [0.4, 0.5) is 5.69 Å². The molecule has 1 atom stereocenters. The average molecular weight is 478 g/mol. The van der Waals surface area contributed by atoms with E-state index >= 15 is 0 Å². The van der Waals surface area contributed by atoms with Crippen LogP contribution in [0.5, 0.6) is 0 Å². The fourth-order valence-electron chi connectivity index (χ4n) is 3.59. The number of anilines is 1. The molecule has 0 aliphatic rings. The van der Waals surface area contributed by atoms with Crippen molar-refractivity contribution >= 4 is 35.3 Å². The van der Waals surface area contributed by atoms with Crippen molar-refractivity contribution in [3.8, 4) is 0 Å². The number of hydrogen-bond acceptors (Lipinski definition) is 8. The van der Waals surface area contributed by atoms with E-state index in [9.17, 15) is 24.0 Å². The fourth-order valence-corrected chi connectivity index (χ4v) is 3.59. The first kappa shape index (κ1) is 28.8. The van der Waals surface area contributed by atoms with Gasteiger partial charge in [0.2, 0.25) is 5.91 Å². The summed E-state index contributed by atoms with van der Waals surface area (Å²) in [4.78, 5) is 63.6. The molecule has 1 aromatic rings. The van der Waals surface area contributed by atoms with E-state index in [0.717, 1.165) is 0 Å². The summed E-state index contributed by atoms with van der Waals surface area (Å²) < 4.78 is 15.0. The SMILES string of the molecule is CCOC(=O)CCCC(=O)C(C(C)C)N(C(C)=O)c1ccc(C(=O)OCC)c(C(=O)OCC)c1. The smallest absolute Gasteiger partial charge is 0.339 e. The minimum Gasteiger partial charge on any atom is -0.466 e. The first-order valence-corrected chi connectivity index (χ1v) is 11.5. The van der Waals surface area contributed by atoms with Gasteiger partial charge in [0.15, 0.2) is 5.78 Å². The molecule has 0 radical (unpaired) electrons. The van der Waals surface area contributed by atoms with Gasteiger partial charge in [0, 0.05) is 25.5 Å². The molecule has 9 heteroatoms. The molecule has 188 valence electrons.